The van der Waals surface area contributed by atoms with Gasteiger partial charge in [0.1, 0.15) is 23.4 Å². The molecule has 1 aliphatic rings. The molecule has 1 aliphatic carbocycles. The molecule has 2 aromatic rings. The third kappa shape index (κ3) is 2.19. The van der Waals surface area contributed by atoms with Crippen molar-refractivity contribution in [1.29, 1.82) is 10.5 Å². The number of rotatable bonds is 2. The first kappa shape index (κ1) is 14.9. The van der Waals surface area contributed by atoms with Crippen LogP contribution in [-0.2, 0) is 5.92 Å². The summed E-state index contributed by atoms with van der Waals surface area (Å²) in [5.74, 6) is -4.75. The molecule has 0 bridgehead atoms. The normalized spacial score (nSPS) is 17.4. The summed E-state index contributed by atoms with van der Waals surface area (Å²) in [5, 5.41) is 27.2. The van der Waals surface area contributed by atoms with Crippen molar-refractivity contribution in [1.82, 2.24) is 0 Å². The van der Waals surface area contributed by atoms with E-state index in [9.17, 15) is 18.3 Å². The van der Waals surface area contributed by atoms with Gasteiger partial charge in [-0.3, -0.25) is 0 Å². The highest BCUT2D eigenvalue weighted by Crippen LogP contribution is 2.57. The Labute approximate surface area is 128 Å². The Morgan fingerprint density at radius 3 is 2.52 bits per heavy atom. The van der Waals surface area contributed by atoms with Gasteiger partial charge in [-0.15, -0.1) is 0 Å². The van der Waals surface area contributed by atoms with Crippen LogP contribution in [-0.4, -0.2) is 5.11 Å². The minimum atomic E-state index is -3.57. The van der Waals surface area contributed by atoms with Gasteiger partial charge in [-0.2, -0.15) is 19.3 Å². The second kappa shape index (κ2) is 5.01. The largest absolute Gasteiger partial charge is 0.457 e. The maximum Gasteiger partial charge on any atom is 0.306 e. The summed E-state index contributed by atoms with van der Waals surface area (Å²) in [5.41, 5.74) is -0.916. The topological polar surface area (TPSA) is 77.0 Å². The van der Waals surface area contributed by atoms with E-state index < -0.39 is 23.4 Å². The summed E-state index contributed by atoms with van der Waals surface area (Å²) < 4.78 is 46.4. The highest BCUT2D eigenvalue weighted by molar-refractivity contribution is 5.60. The highest BCUT2D eigenvalue weighted by atomic mass is 19.3. The molecule has 0 aromatic heterocycles. The first-order valence-electron chi connectivity index (χ1n) is 6.40. The predicted molar refractivity (Wildman–Crippen MR) is 71.2 cm³/mol. The monoisotopic (exact) mass is 316 g/mol. The van der Waals surface area contributed by atoms with E-state index in [1.165, 1.54) is 12.1 Å². The van der Waals surface area contributed by atoms with E-state index in [4.69, 9.17) is 15.3 Å². The van der Waals surface area contributed by atoms with Gasteiger partial charge in [0.2, 0.25) is 0 Å². The van der Waals surface area contributed by atoms with Gasteiger partial charge in [0, 0.05) is 11.6 Å². The second-order valence-electron chi connectivity index (χ2n) is 4.93. The van der Waals surface area contributed by atoms with E-state index in [2.05, 4.69) is 0 Å². The maximum atomic E-state index is 13.9. The average molecular weight is 316 g/mol. The van der Waals surface area contributed by atoms with E-state index in [1.807, 2.05) is 0 Å². The van der Waals surface area contributed by atoms with Crippen molar-refractivity contribution >= 4 is 0 Å². The van der Waals surface area contributed by atoms with Crippen molar-refractivity contribution in [2.24, 2.45) is 0 Å². The second-order valence-corrected chi connectivity index (χ2v) is 4.93. The molecule has 0 amide bonds. The van der Waals surface area contributed by atoms with Crippen molar-refractivity contribution in [2.75, 3.05) is 0 Å². The van der Waals surface area contributed by atoms with Crippen LogP contribution in [0.25, 0.3) is 0 Å². The van der Waals surface area contributed by atoms with Crippen LogP contribution in [0.15, 0.2) is 30.3 Å². The van der Waals surface area contributed by atoms with Gasteiger partial charge in [-0.05, 0) is 24.3 Å². The summed E-state index contributed by atoms with van der Waals surface area (Å²) >= 11 is 0. The maximum absolute atomic E-state index is 13.9. The zero-order valence-electron chi connectivity index (χ0n) is 11.3. The van der Waals surface area contributed by atoms with Crippen molar-refractivity contribution in [3.8, 4) is 23.6 Å². The van der Waals surface area contributed by atoms with Gasteiger partial charge in [0.25, 0.3) is 0 Å². The fraction of sp³-hybridized carbons (Fsp3) is 0.125. The van der Waals surface area contributed by atoms with Crippen LogP contribution in [0.3, 0.4) is 0 Å². The Hall–Kier alpha value is -3.03. The number of hydrogen-bond acceptors (Lipinski definition) is 4. The summed E-state index contributed by atoms with van der Waals surface area (Å²) in [6, 6.07) is 8.94. The number of halogens is 3. The fourth-order valence-electron chi connectivity index (χ4n) is 2.46. The molecule has 23 heavy (non-hydrogen) atoms. The van der Waals surface area contributed by atoms with Crippen LogP contribution in [0.2, 0.25) is 0 Å². The minimum Gasteiger partial charge on any atom is -0.457 e. The van der Waals surface area contributed by atoms with Crippen LogP contribution in [0.1, 0.15) is 28.4 Å². The summed E-state index contributed by atoms with van der Waals surface area (Å²) in [6.07, 6.45) is -2.09. The first-order chi connectivity index (χ1) is 10.9. The van der Waals surface area contributed by atoms with Gasteiger partial charge in [0.05, 0.1) is 28.8 Å². The number of nitriles is 2. The van der Waals surface area contributed by atoms with Crippen molar-refractivity contribution in [3.05, 3.63) is 58.4 Å². The molecule has 3 rings (SSSR count). The Balaban J connectivity index is 2.09. The van der Waals surface area contributed by atoms with Gasteiger partial charge in [-0.1, -0.05) is 0 Å². The number of ether oxygens (including phenoxy) is 1. The molecule has 0 radical (unpaired) electrons. The van der Waals surface area contributed by atoms with Crippen molar-refractivity contribution in [2.45, 2.75) is 12.0 Å². The minimum absolute atomic E-state index is 0.0285. The summed E-state index contributed by atoms with van der Waals surface area (Å²) in [4.78, 5) is 0. The number of hydrogen-bond donors (Lipinski definition) is 1. The highest BCUT2D eigenvalue weighted by Gasteiger charge is 2.57. The number of aliphatic hydroxyl groups is 1. The van der Waals surface area contributed by atoms with Gasteiger partial charge in [0.15, 0.2) is 0 Å². The quantitative estimate of drug-likeness (QED) is 0.920. The number of nitrogens with zero attached hydrogens (tertiary/aromatic N) is 2. The molecule has 0 aliphatic heterocycles. The van der Waals surface area contributed by atoms with Crippen LogP contribution >= 0.6 is 0 Å². The smallest absolute Gasteiger partial charge is 0.306 e. The number of fused-ring (bicyclic) bond motifs is 1. The van der Waals surface area contributed by atoms with Gasteiger partial charge in [-0.25, -0.2) is 4.39 Å². The van der Waals surface area contributed by atoms with Gasteiger partial charge >= 0.3 is 5.92 Å². The van der Waals surface area contributed by atoms with Crippen molar-refractivity contribution < 1.29 is 23.0 Å². The zero-order chi connectivity index (χ0) is 16.8. The van der Waals surface area contributed by atoms with E-state index >= 15 is 0 Å². The Bertz CT molecular complexity index is 897. The summed E-state index contributed by atoms with van der Waals surface area (Å²) in [7, 11) is 0. The molecule has 1 atom stereocenters. The van der Waals surface area contributed by atoms with Crippen LogP contribution in [0, 0.1) is 28.5 Å². The predicted octanol–water partition coefficient (Wildman–Crippen LogP) is 3.50. The molecule has 7 heteroatoms. The standard InChI is InChI=1S/C16H7F3N2O2/c17-10-3-8(6-20)4-11(5-10)23-12-2-1-9(7-21)13-14(12)16(18,19)15(13)22/h1-5,15,22H. The van der Waals surface area contributed by atoms with Crippen LogP contribution in [0.5, 0.6) is 11.5 Å². The summed E-state index contributed by atoms with van der Waals surface area (Å²) in [6.45, 7) is 0. The van der Waals surface area contributed by atoms with Crippen LogP contribution < -0.4 is 4.74 Å². The SMILES string of the molecule is N#Cc1cc(F)cc(Oc2ccc(C#N)c3c2C(F)(F)C3O)c1. The molecule has 0 saturated carbocycles. The molecular formula is C16H7F3N2O2. The lowest BCUT2D eigenvalue weighted by molar-refractivity contribution is -0.148. The van der Waals surface area contributed by atoms with Crippen LogP contribution in [0.4, 0.5) is 13.2 Å². The Morgan fingerprint density at radius 1 is 1.13 bits per heavy atom. The third-order valence-corrected chi connectivity index (χ3v) is 3.51. The van der Waals surface area contributed by atoms with E-state index in [0.29, 0.717) is 0 Å². The number of benzene rings is 2. The molecule has 2 aromatic carbocycles. The molecular weight excluding hydrogens is 309 g/mol. The Morgan fingerprint density at radius 2 is 1.87 bits per heavy atom. The molecule has 0 saturated heterocycles. The third-order valence-electron chi connectivity index (χ3n) is 3.51. The first-order valence-corrected chi connectivity index (χ1v) is 6.40. The van der Waals surface area contributed by atoms with Gasteiger partial charge < -0.3 is 9.84 Å². The molecule has 1 N–H and O–H groups in total. The Kier molecular flexibility index (Phi) is 3.24. The molecule has 4 nitrogen and oxygen atoms in total. The zero-order valence-corrected chi connectivity index (χ0v) is 11.3. The lowest BCUT2D eigenvalue weighted by Gasteiger charge is -2.37. The number of aliphatic hydroxyl groups excluding tert-OH is 1. The number of alkyl halides is 2. The molecule has 0 fully saturated rings. The van der Waals surface area contributed by atoms with E-state index in [1.54, 1.807) is 12.1 Å². The molecule has 0 heterocycles. The molecule has 1 unspecified atom stereocenters. The molecule has 114 valence electrons. The lowest BCUT2D eigenvalue weighted by atomic mass is 9.78. The van der Waals surface area contributed by atoms with Crippen molar-refractivity contribution in [3.63, 3.8) is 0 Å². The fourth-order valence-corrected chi connectivity index (χ4v) is 2.46. The molecule has 0 spiro atoms. The van der Waals surface area contributed by atoms with E-state index in [0.717, 1.165) is 18.2 Å². The average Bonchev–Trinajstić information content (AvgIpc) is 2.53. The lowest BCUT2D eigenvalue weighted by Crippen LogP contribution is -2.37. The van der Waals surface area contributed by atoms with E-state index in [-0.39, 0.29) is 28.2 Å².